The molecule has 0 bridgehead atoms. The molecular weight excluding hydrogens is 715 g/mol. The first-order chi connectivity index (χ1) is 29.0. The average Bonchev–Trinajstić information content (AvgIpc) is 3.62. The summed E-state index contributed by atoms with van der Waals surface area (Å²) in [6, 6.07) is 40.5. The van der Waals surface area contributed by atoms with Gasteiger partial charge in [-0.1, -0.05) is 160 Å². The first-order valence-corrected chi connectivity index (χ1v) is 20.4. The number of benzene rings is 4. The van der Waals surface area contributed by atoms with E-state index in [0.717, 1.165) is 62.7 Å². The van der Waals surface area contributed by atoms with Crippen molar-refractivity contribution in [2.75, 3.05) is 0 Å². The lowest BCUT2D eigenvalue weighted by atomic mass is 9.78. The maximum absolute atomic E-state index is 8.68. The van der Waals surface area contributed by atoms with E-state index in [1.54, 1.807) is 0 Å². The Morgan fingerprint density at radius 3 is 2.37 bits per heavy atom. The highest BCUT2D eigenvalue weighted by atomic mass is 15.0. The van der Waals surface area contributed by atoms with Crippen LogP contribution in [0, 0.1) is 17.2 Å². The number of nitrogens with one attached hydrogen (secondary N) is 1. The van der Waals surface area contributed by atoms with Gasteiger partial charge in [0.05, 0.1) is 5.52 Å². The lowest BCUT2D eigenvalue weighted by Crippen LogP contribution is -2.32. The standard InChI is InChI=1S/C56H49N3/c1-5-7-21-41(6-2)49-26-16-8-11-20-39(3)55(51-28-18-17-27-50(49)51)46-35-44(34-45(36-46)42-22-12-9-13-23-42)40(4)33-47(38-57)43-30-31-54-53(37-43)52-29-19-32-58-56(52)59(54)48-24-14-10-15-25-48/h5-25,27-33,35-39,44,57H,2,4,26,34H2,1,3H3/b7-5-,16-8-,20-11-,41-21+,47-33+,50-49+,55-51+,57-38?. The second-order valence-electron chi connectivity index (χ2n) is 15.2. The Bertz CT molecular complexity index is 2940. The number of hydrogen-bond donors (Lipinski definition) is 1. The maximum Gasteiger partial charge on any atom is 0.145 e. The van der Waals surface area contributed by atoms with Crippen LogP contribution in [0.1, 0.15) is 37.8 Å². The van der Waals surface area contributed by atoms with Crippen molar-refractivity contribution in [1.29, 1.82) is 5.41 Å². The van der Waals surface area contributed by atoms with E-state index in [1.165, 1.54) is 44.5 Å². The minimum absolute atomic E-state index is 0.000924. The van der Waals surface area contributed by atoms with Crippen LogP contribution in [-0.4, -0.2) is 15.8 Å². The van der Waals surface area contributed by atoms with E-state index in [1.807, 2.05) is 31.3 Å². The lowest BCUT2D eigenvalue weighted by Gasteiger charge is -2.26. The molecule has 0 spiro atoms. The molecule has 0 fully saturated rings. The summed E-state index contributed by atoms with van der Waals surface area (Å²) in [7, 11) is 0. The van der Waals surface area contributed by atoms with Gasteiger partial charge in [0.25, 0.3) is 0 Å². The first-order valence-electron chi connectivity index (χ1n) is 20.4. The highest BCUT2D eigenvalue weighted by Gasteiger charge is 2.23. The zero-order valence-electron chi connectivity index (χ0n) is 33.9. The van der Waals surface area contributed by atoms with Crippen molar-refractivity contribution in [3.8, 4) is 5.69 Å². The molecule has 2 aromatic heterocycles. The number of hydrogen-bond acceptors (Lipinski definition) is 2. The van der Waals surface area contributed by atoms with E-state index in [9.17, 15) is 0 Å². The van der Waals surface area contributed by atoms with Crippen molar-refractivity contribution in [2.45, 2.75) is 26.7 Å². The molecule has 1 N–H and O–H groups in total. The number of nitrogens with zero attached hydrogens (tertiary/aromatic N) is 2. The van der Waals surface area contributed by atoms with Crippen molar-refractivity contribution in [1.82, 2.24) is 9.55 Å². The maximum atomic E-state index is 8.68. The summed E-state index contributed by atoms with van der Waals surface area (Å²) in [6.45, 7) is 13.3. The van der Waals surface area contributed by atoms with Crippen LogP contribution in [0.15, 0.2) is 218 Å². The van der Waals surface area contributed by atoms with Gasteiger partial charge in [-0.15, -0.1) is 0 Å². The number of fused-ring (bicyclic) bond motifs is 4. The number of rotatable bonds is 10. The normalized spacial score (nSPS) is 20.4. The second kappa shape index (κ2) is 17.6. The molecule has 6 aromatic rings. The minimum Gasteiger partial charge on any atom is -0.308 e. The Morgan fingerprint density at radius 1 is 0.847 bits per heavy atom. The first kappa shape index (κ1) is 38.8. The van der Waals surface area contributed by atoms with Crippen LogP contribution in [0.2, 0.25) is 0 Å². The minimum atomic E-state index is 0.000924. The smallest absolute Gasteiger partial charge is 0.145 e. The molecule has 0 radical (unpaired) electrons. The van der Waals surface area contributed by atoms with Crippen molar-refractivity contribution < 1.29 is 0 Å². The summed E-state index contributed by atoms with van der Waals surface area (Å²) < 4.78 is 2.21. The van der Waals surface area contributed by atoms with Crippen molar-refractivity contribution >= 4 is 50.4 Å². The van der Waals surface area contributed by atoms with Crippen LogP contribution >= 0.6 is 0 Å². The molecule has 2 atom stereocenters. The monoisotopic (exact) mass is 763 g/mol. The molecule has 2 heterocycles. The Morgan fingerprint density at radius 2 is 1.61 bits per heavy atom. The third kappa shape index (κ3) is 7.93. The molecule has 0 aliphatic heterocycles. The lowest BCUT2D eigenvalue weighted by molar-refractivity contribution is 0.795. The molecule has 3 heteroatoms. The molecule has 2 aliphatic rings. The highest BCUT2D eigenvalue weighted by molar-refractivity contribution is 6.13. The van der Waals surface area contributed by atoms with E-state index < -0.39 is 0 Å². The van der Waals surface area contributed by atoms with Gasteiger partial charge in [0.2, 0.25) is 0 Å². The number of allylic oxidation sites excluding steroid dienone is 16. The van der Waals surface area contributed by atoms with Crippen LogP contribution in [0.25, 0.3) is 49.9 Å². The number of aromatic nitrogens is 2. The second-order valence-corrected chi connectivity index (χ2v) is 15.2. The largest absolute Gasteiger partial charge is 0.308 e. The van der Waals surface area contributed by atoms with Crippen molar-refractivity contribution in [3.63, 3.8) is 0 Å². The molecular formula is C56H49N3. The fourth-order valence-corrected chi connectivity index (χ4v) is 8.56. The van der Waals surface area contributed by atoms with E-state index in [2.05, 4.69) is 182 Å². The zero-order chi connectivity index (χ0) is 40.7. The number of para-hydroxylation sites is 1. The van der Waals surface area contributed by atoms with Crippen molar-refractivity contribution in [3.05, 3.63) is 240 Å². The summed E-state index contributed by atoms with van der Waals surface area (Å²) in [5, 5.41) is 13.3. The quantitative estimate of drug-likeness (QED) is 0.110. The molecule has 2 aliphatic carbocycles. The Kier molecular flexibility index (Phi) is 11.6. The average molecular weight is 764 g/mol. The van der Waals surface area contributed by atoms with Crippen LogP contribution in [0.3, 0.4) is 0 Å². The van der Waals surface area contributed by atoms with Crippen molar-refractivity contribution in [2.24, 2.45) is 11.8 Å². The van der Waals surface area contributed by atoms with E-state index in [4.69, 9.17) is 17.0 Å². The summed E-state index contributed by atoms with van der Waals surface area (Å²) in [5.41, 5.74) is 13.1. The number of pyridine rings is 1. The molecule has 0 saturated carbocycles. The summed E-state index contributed by atoms with van der Waals surface area (Å²) in [5.74, 6) is 0.117. The van der Waals surface area contributed by atoms with Gasteiger partial charge in [-0.05, 0) is 123 Å². The Balaban J connectivity index is 1.29. The Labute approximate surface area is 348 Å². The van der Waals surface area contributed by atoms with Gasteiger partial charge in [0.15, 0.2) is 0 Å². The van der Waals surface area contributed by atoms with Gasteiger partial charge in [-0.3, -0.25) is 4.57 Å². The van der Waals surface area contributed by atoms with Gasteiger partial charge >= 0.3 is 0 Å². The van der Waals surface area contributed by atoms with Gasteiger partial charge in [-0.2, -0.15) is 0 Å². The van der Waals surface area contributed by atoms with Crippen LogP contribution in [0.4, 0.5) is 0 Å². The third-order valence-electron chi connectivity index (χ3n) is 11.5. The topological polar surface area (TPSA) is 41.7 Å². The summed E-state index contributed by atoms with van der Waals surface area (Å²) >= 11 is 0. The zero-order valence-corrected chi connectivity index (χ0v) is 33.9. The van der Waals surface area contributed by atoms with Crippen LogP contribution < -0.4 is 10.4 Å². The predicted octanol–water partition coefficient (Wildman–Crippen LogP) is 12.6. The predicted molar refractivity (Wildman–Crippen MR) is 253 cm³/mol. The molecule has 59 heavy (non-hydrogen) atoms. The summed E-state index contributed by atoms with van der Waals surface area (Å²) in [6.07, 6.45) is 29.0. The fourth-order valence-electron chi connectivity index (χ4n) is 8.56. The van der Waals surface area contributed by atoms with Crippen LogP contribution in [0.5, 0.6) is 0 Å². The van der Waals surface area contributed by atoms with Gasteiger partial charge in [0, 0.05) is 40.7 Å². The van der Waals surface area contributed by atoms with Gasteiger partial charge in [-0.25, -0.2) is 4.98 Å². The van der Waals surface area contributed by atoms with E-state index in [-0.39, 0.29) is 11.8 Å². The molecule has 288 valence electrons. The van der Waals surface area contributed by atoms with Crippen LogP contribution in [-0.2, 0) is 0 Å². The fraction of sp³-hybridized carbons (Fsp3) is 0.107. The van der Waals surface area contributed by atoms with E-state index in [0.29, 0.717) is 0 Å². The van der Waals surface area contributed by atoms with E-state index >= 15 is 0 Å². The third-order valence-corrected chi connectivity index (χ3v) is 11.5. The molecule has 3 nitrogen and oxygen atoms in total. The molecule has 8 rings (SSSR count). The van der Waals surface area contributed by atoms with Gasteiger partial charge < -0.3 is 5.41 Å². The SMILES string of the molecule is C=CC(=C\C=C/C)/C1=c2\cccc\c2=C(/C2=CC(C(=C)/C=C(\C=N)c3ccc4c(c3)c3cccnc3n4-c3ccccc3)CC(c3ccccc3)=C2)C(C)/C=C\C=C/C1. The molecule has 0 amide bonds. The highest BCUT2D eigenvalue weighted by Crippen LogP contribution is 2.39. The molecule has 4 aromatic carbocycles. The molecule has 2 unspecified atom stereocenters. The summed E-state index contributed by atoms with van der Waals surface area (Å²) in [4.78, 5) is 4.80. The molecule has 0 saturated heterocycles. The Hall–Kier alpha value is -7.10. The van der Waals surface area contributed by atoms with Gasteiger partial charge in [0.1, 0.15) is 5.65 Å².